The fraction of sp³-hybridized carbons (Fsp3) is 0.667. The SMILES string of the molecule is N#CC(CSc1nccs1)(NC1CC1)C1CC1. The van der Waals surface area contributed by atoms with Gasteiger partial charge in [0.15, 0.2) is 0 Å². The zero-order valence-electron chi connectivity index (χ0n) is 9.56. The molecule has 0 saturated heterocycles. The summed E-state index contributed by atoms with van der Waals surface area (Å²) >= 11 is 3.37. The number of thioether (sulfide) groups is 1. The van der Waals surface area contributed by atoms with Crippen LogP contribution in [0.1, 0.15) is 25.7 Å². The third-order valence-electron chi connectivity index (χ3n) is 3.35. The average Bonchev–Trinajstić information content (AvgIpc) is 3.26. The number of nitrogens with zero attached hydrogens (tertiary/aromatic N) is 2. The van der Waals surface area contributed by atoms with Gasteiger partial charge in [-0.1, -0.05) is 11.8 Å². The maximum atomic E-state index is 9.55. The van der Waals surface area contributed by atoms with E-state index in [0.29, 0.717) is 12.0 Å². The van der Waals surface area contributed by atoms with Crippen molar-refractivity contribution in [2.24, 2.45) is 5.92 Å². The number of nitriles is 1. The molecular formula is C12H15N3S2. The predicted octanol–water partition coefficient (Wildman–Crippen LogP) is 2.66. The highest BCUT2D eigenvalue weighted by Gasteiger charge is 2.48. The Balaban J connectivity index is 1.67. The first kappa shape index (κ1) is 11.5. The molecule has 1 aromatic heterocycles. The molecule has 1 atom stereocenters. The number of thiazole rings is 1. The Labute approximate surface area is 110 Å². The molecule has 3 nitrogen and oxygen atoms in total. The molecule has 5 heteroatoms. The molecule has 0 aliphatic heterocycles. The van der Waals surface area contributed by atoms with Crippen LogP contribution in [-0.4, -0.2) is 22.3 Å². The second-order valence-electron chi connectivity index (χ2n) is 4.86. The number of nitrogens with one attached hydrogen (secondary N) is 1. The van der Waals surface area contributed by atoms with Crippen molar-refractivity contribution in [1.82, 2.24) is 10.3 Å². The third-order valence-corrected chi connectivity index (χ3v) is 5.50. The molecule has 2 saturated carbocycles. The summed E-state index contributed by atoms with van der Waals surface area (Å²) in [7, 11) is 0. The minimum atomic E-state index is -0.308. The van der Waals surface area contributed by atoms with Crippen molar-refractivity contribution in [2.75, 3.05) is 5.75 Å². The van der Waals surface area contributed by atoms with Crippen molar-refractivity contribution < 1.29 is 0 Å². The monoisotopic (exact) mass is 265 g/mol. The molecule has 0 spiro atoms. The van der Waals surface area contributed by atoms with Gasteiger partial charge in [-0.3, -0.25) is 5.32 Å². The van der Waals surface area contributed by atoms with Gasteiger partial charge < -0.3 is 0 Å². The van der Waals surface area contributed by atoms with Gasteiger partial charge in [0.05, 0.1) is 6.07 Å². The van der Waals surface area contributed by atoms with Gasteiger partial charge in [0.25, 0.3) is 0 Å². The van der Waals surface area contributed by atoms with Crippen LogP contribution in [0.2, 0.25) is 0 Å². The van der Waals surface area contributed by atoms with Crippen LogP contribution in [0.25, 0.3) is 0 Å². The molecule has 1 N–H and O–H groups in total. The van der Waals surface area contributed by atoms with E-state index in [9.17, 15) is 5.26 Å². The minimum Gasteiger partial charge on any atom is -0.296 e. The Morgan fingerprint density at radius 1 is 1.53 bits per heavy atom. The molecular weight excluding hydrogens is 250 g/mol. The molecule has 0 aromatic carbocycles. The zero-order chi connectivity index (χ0) is 11.7. The summed E-state index contributed by atoms with van der Waals surface area (Å²) in [4.78, 5) is 4.27. The van der Waals surface area contributed by atoms with E-state index in [4.69, 9.17) is 0 Å². The summed E-state index contributed by atoms with van der Waals surface area (Å²) in [6.45, 7) is 0. The zero-order valence-corrected chi connectivity index (χ0v) is 11.2. The quantitative estimate of drug-likeness (QED) is 0.803. The Morgan fingerprint density at radius 3 is 2.88 bits per heavy atom. The van der Waals surface area contributed by atoms with Crippen LogP contribution in [0.4, 0.5) is 0 Å². The Bertz CT molecular complexity index is 417. The Morgan fingerprint density at radius 2 is 2.35 bits per heavy atom. The maximum absolute atomic E-state index is 9.55. The Kier molecular flexibility index (Phi) is 3.12. The van der Waals surface area contributed by atoms with Crippen molar-refractivity contribution in [3.05, 3.63) is 11.6 Å². The van der Waals surface area contributed by atoms with Gasteiger partial charge in [-0.25, -0.2) is 4.98 Å². The largest absolute Gasteiger partial charge is 0.296 e. The van der Waals surface area contributed by atoms with Crippen molar-refractivity contribution in [3.63, 3.8) is 0 Å². The molecule has 0 radical (unpaired) electrons. The van der Waals surface area contributed by atoms with Gasteiger partial charge in [0.2, 0.25) is 0 Å². The average molecular weight is 265 g/mol. The van der Waals surface area contributed by atoms with Gasteiger partial charge in [0, 0.05) is 23.4 Å². The minimum absolute atomic E-state index is 0.308. The number of hydrogen-bond donors (Lipinski definition) is 1. The second kappa shape index (κ2) is 4.60. The van der Waals surface area contributed by atoms with E-state index < -0.39 is 0 Å². The van der Waals surface area contributed by atoms with Crippen LogP contribution >= 0.6 is 23.1 Å². The molecule has 0 bridgehead atoms. The highest BCUT2D eigenvalue weighted by Crippen LogP contribution is 2.43. The van der Waals surface area contributed by atoms with Crippen LogP contribution in [-0.2, 0) is 0 Å². The summed E-state index contributed by atoms with van der Waals surface area (Å²) in [6, 6.07) is 3.15. The lowest BCUT2D eigenvalue weighted by Gasteiger charge is -2.27. The highest BCUT2D eigenvalue weighted by atomic mass is 32.2. The van der Waals surface area contributed by atoms with E-state index in [-0.39, 0.29) is 5.54 Å². The van der Waals surface area contributed by atoms with Crippen LogP contribution in [0, 0.1) is 17.2 Å². The van der Waals surface area contributed by atoms with Gasteiger partial charge in [-0.15, -0.1) is 11.3 Å². The van der Waals surface area contributed by atoms with Crippen LogP contribution in [0.3, 0.4) is 0 Å². The van der Waals surface area contributed by atoms with Crippen LogP contribution < -0.4 is 5.32 Å². The van der Waals surface area contributed by atoms with E-state index in [1.54, 1.807) is 23.1 Å². The highest BCUT2D eigenvalue weighted by molar-refractivity contribution is 8.01. The van der Waals surface area contributed by atoms with E-state index in [2.05, 4.69) is 16.4 Å². The first-order valence-corrected chi connectivity index (χ1v) is 7.90. The molecule has 1 aromatic rings. The van der Waals surface area contributed by atoms with Crippen molar-refractivity contribution in [1.29, 1.82) is 5.26 Å². The normalized spacial score (nSPS) is 23.0. The topological polar surface area (TPSA) is 48.7 Å². The summed E-state index contributed by atoms with van der Waals surface area (Å²) in [5.41, 5.74) is -0.308. The standard InChI is InChI=1S/C12H15N3S2/c13-7-12(9-1-2-9,15-10-3-4-10)8-17-11-14-5-6-16-11/h5-6,9-10,15H,1-4,8H2. The maximum Gasteiger partial charge on any atom is 0.149 e. The molecule has 2 aliphatic carbocycles. The van der Waals surface area contributed by atoms with E-state index in [0.717, 1.165) is 10.1 Å². The van der Waals surface area contributed by atoms with Crippen LogP contribution in [0.5, 0.6) is 0 Å². The lowest BCUT2D eigenvalue weighted by Crippen LogP contribution is -2.49. The number of hydrogen-bond acceptors (Lipinski definition) is 5. The summed E-state index contributed by atoms with van der Waals surface area (Å²) < 4.78 is 1.07. The van der Waals surface area contributed by atoms with Gasteiger partial charge in [-0.05, 0) is 31.6 Å². The number of rotatable bonds is 6. The summed E-state index contributed by atoms with van der Waals surface area (Å²) in [6.07, 6.45) is 6.69. The first-order valence-electron chi connectivity index (χ1n) is 6.04. The lowest BCUT2D eigenvalue weighted by molar-refractivity contribution is 0.401. The molecule has 90 valence electrons. The number of aromatic nitrogens is 1. The fourth-order valence-electron chi connectivity index (χ4n) is 2.06. The molecule has 2 fully saturated rings. The second-order valence-corrected chi connectivity index (χ2v) is 6.98. The molecule has 0 amide bonds. The van der Waals surface area contributed by atoms with Gasteiger partial charge in [-0.2, -0.15) is 5.26 Å². The van der Waals surface area contributed by atoms with E-state index in [1.165, 1.54) is 25.7 Å². The smallest absolute Gasteiger partial charge is 0.149 e. The Hall–Kier alpha value is -0.570. The van der Waals surface area contributed by atoms with E-state index in [1.807, 2.05) is 11.6 Å². The van der Waals surface area contributed by atoms with Crippen molar-refractivity contribution in [3.8, 4) is 6.07 Å². The van der Waals surface area contributed by atoms with Crippen molar-refractivity contribution >= 4 is 23.1 Å². The molecule has 17 heavy (non-hydrogen) atoms. The first-order chi connectivity index (χ1) is 8.32. The lowest BCUT2D eigenvalue weighted by atomic mass is 9.97. The summed E-state index contributed by atoms with van der Waals surface area (Å²) in [5.74, 6) is 1.39. The fourth-order valence-corrected chi connectivity index (χ4v) is 3.90. The predicted molar refractivity (Wildman–Crippen MR) is 70.1 cm³/mol. The van der Waals surface area contributed by atoms with Crippen molar-refractivity contribution in [2.45, 2.75) is 41.6 Å². The van der Waals surface area contributed by atoms with E-state index >= 15 is 0 Å². The molecule has 1 heterocycles. The third kappa shape index (κ3) is 2.65. The molecule has 1 unspecified atom stereocenters. The summed E-state index contributed by atoms with van der Waals surface area (Å²) in [5, 5.41) is 15.1. The molecule has 2 aliphatic rings. The van der Waals surface area contributed by atoms with Gasteiger partial charge >= 0.3 is 0 Å². The van der Waals surface area contributed by atoms with Crippen LogP contribution in [0.15, 0.2) is 15.9 Å². The molecule has 3 rings (SSSR count). The van der Waals surface area contributed by atoms with Gasteiger partial charge in [0.1, 0.15) is 9.88 Å².